The monoisotopic (exact) mass is 280 g/mol. The van der Waals surface area contributed by atoms with E-state index in [9.17, 15) is 9.59 Å². The number of amides is 2. The fourth-order valence-electron chi connectivity index (χ4n) is 1.88. The summed E-state index contributed by atoms with van der Waals surface area (Å²) in [5, 5.41) is 6.60. The van der Waals surface area contributed by atoms with Crippen molar-refractivity contribution in [1.82, 2.24) is 20.4 Å². The number of carbonyl (C=O) groups is 2. The first-order valence-electron chi connectivity index (χ1n) is 6.74. The molecule has 1 aliphatic rings. The molecule has 1 aliphatic heterocycles. The van der Waals surface area contributed by atoms with Crippen LogP contribution in [0, 0.1) is 0 Å². The van der Waals surface area contributed by atoms with Gasteiger partial charge in [-0.05, 0) is 0 Å². The summed E-state index contributed by atoms with van der Waals surface area (Å²) in [6.07, 6.45) is 0.680. The lowest BCUT2D eigenvalue weighted by Gasteiger charge is -2.26. The Morgan fingerprint density at radius 1 is 1.45 bits per heavy atom. The number of nitrogens with one attached hydrogen (secondary N) is 1. The van der Waals surface area contributed by atoms with E-state index in [1.54, 1.807) is 4.90 Å². The van der Waals surface area contributed by atoms with Gasteiger partial charge in [0.25, 0.3) is 0 Å². The maximum absolute atomic E-state index is 12.0. The van der Waals surface area contributed by atoms with Crippen LogP contribution < -0.4 is 5.32 Å². The van der Waals surface area contributed by atoms with Crippen molar-refractivity contribution >= 4 is 11.8 Å². The zero-order valence-corrected chi connectivity index (χ0v) is 12.1. The molecule has 1 aromatic heterocycles. The largest absolute Gasteiger partial charge is 0.353 e. The highest BCUT2D eigenvalue weighted by Crippen LogP contribution is 2.18. The highest BCUT2D eigenvalue weighted by atomic mass is 16.5. The van der Waals surface area contributed by atoms with Gasteiger partial charge in [-0.15, -0.1) is 0 Å². The highest BCUT2D eigenvalue weighted by Gasteiger charge is 2.23. The van der Waals surface area contributed by atoms with Gasteiger partial charge in [0.2, 0.25) is 17.7 Å². The highest BCUT2D eigenvalue weighted by molar-refractivity contribution is 5.85. The van der Waals surface area contributed by atoms with Crippen LogP contribution in [0.2, 0.25) is 0 Å². The Balaban J connectivity index is 1.87. The summed E-state index contributed by atoms with van der Waals surface area (Å²) >= 11 is 0. The summed E-state index contributed by atoms with van der Waals surface area (Å²) in [6, 6.07) is 0. The zero-order valence-electron chi connectivity index (χ0n) is 12.1. The number of piperazine rings is 1. The van der Waals surface area contributed by atoms with Gasteiger partial charge in [0.15, 0.2) is 5.82 Å². The summed E-state index contributed by atoms with van der Waals surface area (Å²) in [6.45, 7) is 7.20. The number of aromatic nitrogens is 2. The van der Waals surface area contributed by atoms with E-state index in [4.69, 9.17) is 4.52 Å². The van der Waals surface area contributed by atoms with Crippen LogP contribution in [0.25, 0.3) is 0 Å². The molecule has 7 heteroatoms. The summed E-state index contributed by atoms with van der Waals surface area (Å²) in [4.78, 5) is 29.0. The molecule has 0 bridgehead atoms. The van der Waals surface area contributed by atoms with Gasteiger partial charge in [-0.3, -0.25) is 9.59 Å². The second-order valence-electron chi connectivity index (χ2n) is 5.93. The van der Waals surface area contributed by atoms with Gasteiger partial charge in [-0.1, -0.05) is 25.9 Å². The molecule has 2 rings (SSSR count). The van der Waals surface area contributed by atoms with Crippen molar-refractivity contribution in [3.63, 3.8) is 0 Å². The molecule has 0 radical (unpaired) electrons. The summed E-state index contributed by atoms with van der Waals surface area (Å²) in [5.41, 5.74) is -0.170. The predicted octanol–water partition coefficient (Wildman–Crippen LogP) is 0.258. The van der Waals surface area contributed by atoms with Crippen LogP contribution in [0.5, 0.6) is 0 Å². The fourth-order valence-corrected chi connectivity index (χ4v) is 1.88. The number of hydrogen-bond acceptors (Lipinski definition) is 5. The lowest BCUT2D eigenvalue weighted by atomic mass is 9.96. The van der Waals surface area contributed by atoms with Gasteiger partial charge >= 0.3 is 0 Å². The standard InChI is InChI=1S/C13H20N4O3/c1-13(2,3)12-15-10(20-16-12)4-5-11(19)17-7-6-14-9(18)8-17/h4-8H2,1-3H3,(H,14,18). The van der Waals surface area contributed by atoms with Crippen molar-refractivity contribution < 1.29 is 14.1 Å². The minimum Gasteiger partial charge on any atom is -0.353 e. The molecule has 0 atom stereocenters. The molecular weight excluding hydrogens is 260 g/mol. The van der Waals surface area contributed by atoms with Gasteiger partial charge in [0.05, 0.1) is 6.54 Å². The van der Waals surface area contributed by atoms with Gasteiger partial charge in [-0.2, -0.15) is 4.98 Å². The smallest absolute Gasteiger partial charge is 0.239 e. The van der Waals surface area contributed by atoms with E-state index in [1.165, 1.54) is 0 Å². The molecule has 7 nitrogen and oxygen atoms in total. The van der Waals surface area contributed by atoms with E-state index in [2.05, 4.69) is 15.5 Å². The van der Waals surface area contributed by atoms with E-state index in [-0.39, 0.29) is 30.2 Å². The maximum atomic E-state index is 12.0. The number of aryl methyl sites for hydroxylation is 1. The second-order valence-corrected chi connectivity index (χ2v) is 5.93. The Labute approximate surface area is 117 Å². The van der Waals surface area contributed by atoms with E-state index < -0.39 is 0 Å². The van der Waals surface area contributed by atoms with Gasteiger partial charge in [0, 0.05) is 31.3 Å². The average molecular weight is 280 g/mol. The molecular formula is C13H20N4O3. The number of nitrogens with zero attached hydrogens (tertiary/aromatic N) is 3. The fraction of sp³-hybridized carbons (Fsp3) is 0.692. The Bertz CT molecular complexity index is 504. The molecule has 1 saturated heterocycles. The number of rotatable bonds is 3. The van der Waals surface area contributed by atoms with Crippen molar-refractivity contribution in [2.75, 3.05) is 19.6 Å². The molecule has 110 valence electrons. The first kappa shape index (κ1) is 14.5. The van der Waals surface area contributed by atoms with E-state index in [0.29, 0.717) is 31.2 Å². The second kappa shape index (κ2) is 5.60. The topological polar surface area (TPSA) is 88.3 Å². The van der Waals surface area contributed by atoms with Crippen molar-refractivity contribution in [2.24, 2.45) is 0 Å². The van der Waals surface area contributed by atoms with Crippen LogP contribution in [-0.4, -0.2) is 46.5 Å². The minimum absolute atomic E-state index is 0.0599. The average Bonchev–Trinajstić information content (AvgIpc) is 2.84. The normalized spacial score (nSPS) is 16.1. The third-order valence-corrected chi connectivity index (χ3v) is 3.08. The molecule has 1 N–H and O–H groups in total. The summed E-state index contributed by atoms with van der Waals surface area (Å²) in [5.74, 6) is 0.926. The van der Waals surface area contributed by atoms with Crippen molar-refractivity contribution in [3.05, 3.63) is 11.7 Å². The van der Waals surface area contributed by atoms with Crippen molar-refractivity contribution in [1.29, 1.82) is 0 Å². The first-order valence-corrected chi connectivity index (χ1v) is 6.74. The van der Waals surface area contributed by atoms with Crippen molar-refractivity contribution in [2.45, 2.75) is 39.0 Å². The van der Waals surface area contributed by atoms with Gasteiger partial charge in [-0.25, -0.2) is 0 Å². The molecule has 0 unspecified atom stereocenters. The molecule has 0 aliphatic carbocycles. The van der Waals surface area contributed by atoms with Crippen LogP contribution in [-0.2, 0) is 21.4 Å². The molecule has 0 spiro atoms. The molecule has 1 fully saturated rings. The Kier molecular flexibility index (Phi) is 4.06. The molecule has 20 heavy (non-hydrogen) atoms. The van der Waals surface area contributed by atoms with Gasteiger partial charge in [0.1, 0.15) is 0 Å². The van der Waals surface area contributed by atoms with Crippen LogP contribution >= 0.6 is 0 Å². The van der Waals surface area contributed by atoms with Crippen LogP contribution in [0.3, 0.4) is 0 Å². The SMILES string of the molecule is CC(C)(C)c1noc(CCC(=O)N2CCNC(=O)C2)n1. The zero-order chi connectivity index (χ0) is 14.8. The molecule has 1 aromatic rings. The van der Waals surface area contributed by atoms with E-state index >= 15 is 0 Å². The Morgan fingerprint density at radius 2 is 2.20 bits per heavy atom. The van der Waals surface area contributed by atoms with E-state index in [1.807, 2.05) is 20.8 Å². The van der Waals surface area contributed by atoms with E-state index in [0.717, 1.165) is 0 Å². The number of hydrogen-bond donors (Lipinski definition) is 1. The Morgan fingerprint density at radius 3 is 2.80 bits per heavy atom. The predicted molar refractivity (Wildman–Crippen MR) is 70.9 cm³/mol. The molecule has 0 saturated carbocycles. The Hall–Kier alpha value is -1.92. The maximum Gasteiger partial charge on any atom is 0.239 e. The first-order chi connectivity index (χ1) is 9.36. The van der Waals surface area contributed by atoms with Crippen LogP contribution in [0.4, 0.5) is 0 Å². The van der Waals surface area contributed by atoms with Gasteiger partial charge < -0.3 is 14.7 Å². The summed E-state index contributed by atoms with van der Waals surface area (Å²) < 4.78 is 5.14. The third-order valence-electron chi connectivity index (χ3n) is 3.08. The van der Waals surface area contributed by atoms with Crippen LogP contribution in [0.1, 0.15) is 38.9 Å². The molecule has 0 aromatic carbocycles. The third kappa shape index (κ3) is 3.55. The number of carbonyl (C=O) groups excluding carboxylic acids is 2. The quantitative estimate of drug-likeness (QED) is 0.858. The molecule has 2 heterocycles. The lowest BCUT2D eigenvalue weighted by molar-refractivity contribution is -0.138. The summed E-state index contributed by atoms with van der Waals surface area (Å²) in [7, 11) is 0. The van der Waals surface area contributed by atoms with Crippen molar-refractivity contribution in [3.8, 4) is 0 Å². The molecule has 2 amide bonds. The van der Waals surface area contributed by atoms with Crippen LogP contribution in [0.15, 0.2) is 4.52 Å². The minimum atomic E-state index is -0.170. The lowest BCUT2D eigenvalue weighted by Crippen LogP contribution is -2.50.